The van der Waals surface area contributed by atoms with Crippen LogP contribution in [0.5, 0.6) is 0 Å². The molecule has 3 aliphatic rings. The number of fused-ring (bicyclic) bond motifs is 2. The number of amides is 6. The van der Waals surface area contributed by atoms with Crippen LogP contribution in [-0.2, 0) is 22.9 Å². The number of benzene rings is 4. The van der Waals surface area contributed by atoms with Crippen LogP contribution < -0.4 is 36.0 Å². The summed E-state index contributed by atoms with van der Waals surface area (Å²) in [4.78, 5) is 73.9. The molecule has 1 fully saturated rings. The topological polar surface area (TPSA) is 215 Å². The van der Waals surface area contributed by atoms with Gasteiger partial charge < -0.3 is 31.1 Å². The molecular formula is C48H46F4N12O6S. The highest BCUT2D eigenvalue weighted by molar-refractivity contribution is 7.90. The molecule has 4 aromatic carbocycles. The molecule has 5 heterocycles. The second-order valence-electron chi connectivity index (χ2n) is 16.7. The summed E-state index contributed by atoms with van der Waals surface area (Å²) in [6.45, 7) is 6.40. The maximum Gasteiger partial charge on any atom is 0.328 e. The summed E-state index contributed by atoms with van der Waals surface area (Å²) in [5.41, 5.74) is 3.39. The molecular weight excluding hydrogens is 949 g/mol. The average molecular weight is 995 g/mol. The number of aromatic nitrogens is 4. The van der Waals surface area contributed by atoms with E-state index in [-0.39, 0.29) is 53.4 Å². The number of aryl methyl sites for hydroxylation is 2. The van der Waals surface area contributed by atoms with E-state index in [1.165, 1.54) is 19.2 Å². The van der Waals surface area contributed by atoms with Crippen LogP contribution >= 0.6 is 0 Å². The normalized spacial score (nSPS) is 14.6. The maximum absolute atomic E-state index is 14.9. The van der Waals surface area contributed by atoms with Gasteiger partial charge in [0.1, 0.15) is 34.6 Å². The first-order chi connectivity index (χ1) is 33.8. The Bertz CT molecular complexity index is 3240. The van der Waals surface area contributed by atoms with E-state index < -0.39 is 61.7 Å². The van der Waals surface area contributed by atoms with Crippen molar-refractivity contribution in [3.63, 3.8) is 0 Å². The minimum atomic E-state index is -4.00. The van der Waals surface area contributed by atoms with Crippen LogP contribution in [0.15, 0.2) is 78.0 Å². The SMILES string of the molecule is CNC(=O)c1ccc(C)c(-c2nc(N3CCN(C)CC3)nc3c2CNC(=O)N3c2c(F)cccc2F)c1.CNC(=O)c1ccc(C)c(-c2nc(S(C)(=O)=O)nc3c2CNC(=O)N3c2c(F)cccc2F)c1. The fraction of sp³-hybridized carbons (Fsp3) is 0.250. The summed E-state index contributed by atoms with van der Waals surface area (Å²) in [6.07, 6.45) is 0.878. The lowest BCUT2D eigenvalue weighted by Gasteiger charge is -2.35. The highest BCUT2D eigenvalue weighted by Gasteiger charge is 2.37. The molecule has 4 N–H and O–H groups in total. The molecule has 0 unspecified atom stereocenters. The summed E-state index contributed by atoms with van der Waals surface area (Å²) in [6, 6.07) is 15.0. The summed E-state index contributed by atoms with van der Waals surface area (Å²) < 4.78 is 83.9. The van der Waals surface area contributed by atoms with Crippen LogP contribution in [0.3, 0.4) is 0 Å². The minimum absolute atomic E-state index is 0.0583. The van der Waals surface area contributed by atoms with Crippen molar-refractivity contribution in [1.82, 2.24) is 46.1 Å². The zero-order valence-corrected chi connectivity index (χ0v) is 39.9. The number of sulfone groups is 1. The molecule has 0 aliphatic carbocycles. The number of carbonyl (C=O) groups excluding carboxylic acids is 4. The van der Waals surface area contributed by atoms with Crippen LogP contribution in [0.25, 0.3) is 22.5 Å². The Kier molecular flexibility index (Phi) is 13.7. The Morgan fingerprint density at radius 1 is 0.620 bits per heavy atom. The lowest BCUT2D eigenvalue weighted by atomic mass is 9.97. The molecule has 0 radical (unpaired) electrons. The van der Waals surface area contributed by atoms with E-state index in [2.05, 4.69) is 36.1 Å². The van der Waals surface area contributed by atoms with E-state index >= 15 is 0 Å². The fourth-order valence-corrected chi connectivity index (χ4v) is 8.70. The Labute approximate surface area is 405 Å². The van der Waals surface area contributed by atoms with Crippen LogP contribution in [0.2, 0.25) is 0 Å². The predicted octanol–water partition coefficient (Wildman–Crippen LogP) is 6.06. The van der Waals surface area contributed by atoms with Gasteiger partial charge >= 0.3 is 12.1 Å². The lowest BCUT2D eigenvalue weighted by Crippen LogP contribution is -2.46. The summed E-state index contributed by atoms with van der Waals surface area (Å²) in [7, 11) is 1.04. The molecule has 18 nitrogen and oxygen atoms in total. The highest BCUT2D eigenvalue weighted by atomic mass is 32.2. The Balaban J connectivity index is 0.000000191. The molecule has 2 aromatic heterocycles. The summed E-state index contributed by atoms with van der Waals surface area (Å²) >= 11 is 0. The molecule has 1 saturated heterocycles. The molecule has 0 saturated carbocycles. The van der Waals surface area contributed by atoms with E-state index in [1.54, 1.807) is 38.2 Å². The number of hydrogen-bond acceptors (Lipinski definition) is 12. The number of likely N-dealkylation sites (N-methyl/N-ethyl adjacent to an activating group) is 1. The number of hydrogen-bond donors (Lipinski definition) is 4. The van der Waals surface area contributed by atoms with Gasteiger partial charge in [0.15, 0.2) is 11.6 Å². The monoisotopic (exact) mass is 994 g/mol. The largest absolute Gasteiger partial charge is 0.355 e. The number of nitrogens with zero attached hydrogens (tertiary/aromatic N) is 8. The zero-order valence-electron chi connectivity index (χ0n) is 39.1. The number of halogens is 4. The number of rotatable bonds is 8. The minimum Gasteiger partial charge on any atom is -0.355 e. The molecule has 0 atom stereocenters. The van der Waals surface area contributed by atoms with Gasteiger partial charge in [-0.1, -0.05) is 24.3 Å². The van der Waals surface area contributed by atoms with Crippen LogP contribution in [0, 0.1) is 37.1 Å². The second-order valence-corrected chi connectivity index (χ2v) is 18.6. The molecule has 3 aliphatic heterocycles. The van der Waals surface area contributed by atoms with Crippen LogP contribution in [-0.4, -0.2) is 111 Å². The fourth-order valence-electron chi connectivity index (χ4n) is 8.19. The van der Waals surface area contributed by atoms with Crippen molar-refractivity contribution in [2.24, 2.45) is 0 Å². The van der Waals surface area contributed by atoms with Crippen molar-refractivity contribution < 1.29 is 45.2 Å². The first-order valence-electron chi connectivity index (χ1n) is 22.0. The number of piperazine rings is 1. The van der Waals surface area contributed by atoms with Gasteiger partial charge in [0.2, 0.25) is 20.9 Å². The molecule has 0 bridgehead atoms. The van der Waals surface area contributed by atoms with Gasteiger partial charge in [0, 0.05) is 79.9 Å². The van der Waals surface area contributed by atoms with Crippen LogP contribution in [0.1, 0.15) is 43.0 Å². The molecule has 6 aromatic rings. The number of para-hydroxylation sites is 2. The first-order valence-corrected chi connectivity index (χ1v) is 23.9. The van der Waals surface area contributed by atoms with E-state index in [0.717, 1.165) is 60.1 Å². The van der Waals surface area contributed by atoms with Crippen LogP contribution in [0.4, 0.5) is 56.1 Å². The second kappa shape index (κ2) is 19.7. The molecule has 71 heavy (non-hydrogen) atoms. The third kappa shape index (κ3) is 9.64. The summed E-state index contributed by atoms with van der Waals surface area (Å²) in [5.74, 6) is -4.31. The van der Waals surface area contributed by atoms with Gasteiger partial charge in [-0.2, -0.15) is 9.97 Å². The average Bonchev–Trinajstić information content (AvgIpc) is 3.34. The van der Waals surface area contributed by atoms with E-state index in [0.29, 0.717) is 57.4 Å². The third-order valence-corrected chi connectivity index (χ3v) is 12.9. The quantitative estimate of drug-likeness (QED) is 0.101. The Hall–Kier alpha value is -8.05. The zero-order chi connectivity index (χ0) is 51.1. The number of nitrogens with one attached hydrogen (secondary N) is 4. The van der Waals surface area contributed by atoms with Crippen molar-refractivity contribution in [3.8, 4) is 22.5 Å². The van der Waals surface area contributed by atoms with Crippen molar-refractivity contribution >= 4 is 62.7 Å². The standard InChI is InChI=1S/C26H27F2N7O2.C22H19F2N5O4S/c1-15-7-8-16(24(36)29-2)13-17(15)21-18-14-30-26(37)35(22-19(27)5-4-6-20(22)28)23(18)32-25(31-21)34-11-9-33(3)10-12-34;1-11-7-8-12(20(30)25-2)9-13(11)17-14-10-26-22(31)29(18-15(23)5-4-6-16(18)24)19(14)28-21(27-17)34(3,32)33/h4-8,13H,9-12,14H2,1-3H3,(H,29,36)(H,30,37);4-9H,10H2,1-3H3,(H,25,30)(H,26,31). The molecule has 23 heteroatoms. The lowest BCUT2D eigenvalue weighted by molar-refractivity contribution is 0.0955. The van der Waals surface area contributed by atoms with Crippen molar-refractivity contribution in [2.45, 2.75) is 32.1 Å². The van der Waals surface area contributed by atoms with Crippen molar-refractivity contribution in [2.75, 3.05) is 68.3 Å². The molecule has 9 rings (SSSR count). The third-order valence-electron chi connectivity index (χ3n) is 12.0. The number of urea groups is 2. The first kappa shape index (κ1) is 49.4. The van der Waals surface area contributed by atoms with Gasteiger partial charge in [-0.15, -0.1) is 0 Å². The number of carbonyl (C=O) groups is 4. The number of anilines is 5. The molecule has 368 valence electrons. The Morgan fingerprint density at radius 2 is 1.04 bits per heavy atom. The van der Waals surface area contributed by atoms with E-state index in [1.807, 2.05) is 24.9 Å². The van der Waals surface area contributed by atoms with Crippen molar-refractivity contribution in [1.29, 1.82) is 0 Å². The smallest absolute Gasteiger partial charge is 0.328 e. The van der Waals surface area contributed by atoms with Gasteiger partial charge in [-0.3, -0.25) is 9.59 Å². The van der Waals surface area contributed by atoms with Crippen molar-refractivity contribution in [3.05, 3.63) is 129 Å². The van der Waals surface area contributed by atoms with Gasteiger partial charge in [-0.05, 0) is 80.6 Å². The van der Waals surface area contributed by atoms with E-state index in [4.69, 9.17) is 9.97 Å². The van der Waals surface area contributed by atoms with Gasteiger partial charge in [-0.25, -0.2) is 55.3 Å². The molecule has 6 amide bonds. The Morgan fingerprint density at radius 3 is 1.46 bits per heavy atom. The van der Waals surface area contributed by atoms with E-state index in [9.17, 15) is 45.2 Å². The summed E-state index contributed by atoms with van der Waals surface area (Å²) in [5, 5.41) is 9.71. The molecule has 0 spiro atoms. The highest BCUT2D eigenvalue weighted by Crippen LogP contribution is 2.41. The van der Waals surface area contributed by atoms with Gasteiger partial charge in [0.05, 0.1) is 24.5 Å². The predicted molar refractivity (Wildman–Crippen MR) is 255 cm³/mol. The maximum atomic E-state index is 14.9. The van der Waals surface area contributed by atoms with Gasteiger partial charge in [0.25, 0.3) is 11.8 Å².